The number of benzene rings is 3. The predicted molar refractivity (Wildman–Crippen MR) is 165 cm³/mol. The van der Waals surface area contributed by atoms with Crippen LogP contribution in [0.4, 0.5) is 25.8 Å². The third-order valence-electron chi connectivity index (χ3n) is 6.36. The third kappa shape index (κ3) is 7.78. The first-order chi connectivity index (χ1) is 19.6. The Morgan fingerprint density at radius 1 is 0.905 bits per heavy atom. The summed E-state index contributed by atoms with van der Waals surface area (Å²) < 4.78 is 27.8. The average Bonchev–Trinajstić information content (AvgIpc) is 3.71. The molecule has 0 radical (unpaired) electrons. The Morgan fingerprint density at radius 2 is 1.55 bits per heavy atom. The van der Waals surface area contributed by atoms with Gasteiger partial charge in [0.1, 0.15) is 15.8 Å². The second kappa shape index (κ2) is 13.1. The van der Waals surface area contributed by atoms with E-state index in [1.807, 2.05) is 0 Å². The number of anilines is 3. The van der Waals surface area contributed by atoms with Gasteiger partial charge >= 0.3 is 0 Å². The number of halogens is 8. The van der Waals surface area contributed by atoms with E-state index in [-0.39, 0.29) is 49.2 Å². The number of amides is 3. The maximum Gasteiger partial charge on any atom is 0.257 e. The summed E-state index contributed by atoms with van der Waals surface area (Å²) in [4.78, 5) is 38.5. The SMILES string of the molecule is CC(Cl)(Cl)[C@H](C(=O)Nc1ccc(Cl)c(C(=O)Nc2ccc(F)c(NC(=O)CC3CC3)c2F)c1)c1cc(Cl)c(Cl)c(Cl)c1. The Labute approximate surface area is 269 Å². The summed E-state index contributed by atoms with van der Waals surface area (Å²) in [6.07, 6.45) is 1.92. The highest BCUT2D eigenvalue weighted by molar-refractivity contribution is 6.50. The minimum Gasteiger partial charge on any atom is -0.325 e. The number of rotatable bonds is 9. The van der Waals surface area contributed by atoms with Crippen molar-refractivity contribution in [2.24, 2.45) is 5.92 Å². The molecule has 3 aromatic rings. The van der Waals surface area contributed by atoms with Crippen molar-refractivity contribution in [3.63, 3.8) is 0 Å². The van der Waals surface area contributed by atoms with Crippen LogP contribution in [0, 0.1) is 17.6 Å². The molecule has 0 spiro atoms. The van der Waals surface area contributed by atoms with Gasteiger partial charge in [-0.3, -0.25) is 14.4 Å². The zero-order chi connectivity index (χ0) is 30.9. The Balaban J connectivity index is 1.55. The molecule has 4 rings (SSSR count). The molecule has 0 saturated heterocycles. The molecule has 0 heterocycles. The van der Waals surface area contributed by atoms with Crippen molar-refractivity contribution < 1.29 is 23.2 Å². The fraction of sp³-hybridized carbons (Fsp3) is 0.250. The fourth-order valence-electron chi connectivity index (χ4n) is 4.14. The zero-order valence-corrected chi connectivity index (χ0v) is 26.1. The van der Waals surface area contributed by atoms with E-state index < -0.39 is 51.0 Å². The van der Waals surface area contributed by atoms with Crippen molar-refractivity contribution >= 4 is 104 Å². The van der Waals surface area contributed by atoms with E-state index in [4.69, 9.17) is 69.6 Å². The topological polar surface area (TPSA) is 87.3 Å². The fourth-order valence-corrected chi connectivity index (χ4v) is 5.40. The molecule has 3 amide bonds. The summed E-state index contributed by atoms with van der Waals surface area (Å²) in [5, 5.41) is 7.40. The second-order valence-electron chi connectivity index (χ2n) is 9.81. The van der Waals surface area contributed by atoms with Gasteiger partial charge in [-0.25, -0.2) is 8.78 Å². The van der Waals surface area contributed by atoms with Crippen LogP contribution in [0.5, 0.6) is 0 Å². The number of hydrogen-bond acceptors (Lipinski definition) is 3. The van der Waals surface area contributed by atoms with E-state index in [0.717, 1.165) is 25.0 Å². The van der Waals surface area contributed by atoms with Gasteiger partial charge in [-0.05, 0) is 73.7 Å². The molecule has 14 heteroatoms. The molecule has 1 aliphatic carbocycles. The monoisotopic (exact) mass is 695 g/mol. The standard InChI is InChI=1S/C28H21Cl6F2N3O3/c1-28(33,34)22(13-9-17(30)23(32)18(31)10-13)27(42)37-14-4-5-16(29)15(11-14)26(41)38-20-7-6-19(35)25(24(20)36)39-21(40)8-12-2-3-12/h4-7,9-12,22H,2-3,8H2,1H3,(H,37,42)(H,38,41)(H,39,40)/t22-/m0/s1. The number of hydrogen-bond donors (Lipinski definition) is 3. The summed E-state index contributed by atoms with van der Waals surface area (Å²) in [5.74, 6) is -5.24. The van der Waals surface area contributed by atoms with Crippen molar-refractivity contribution in [2.45, 2.75) is 36.4 Å². The quantitative estimate of drug-likeness (QED) is 0.154. The van der Waals surface area contributed by atoms with Gasteiger partial charge in [0.15, 0.2) is 5.82 Å². The molecule has 222 valence electrons. The highest BCUT2D eigenvalue weighted by Crippen LogP contribution is 2.42. The van der Waals surface area contributed by atoms with E-state index in [0.29, 0.717) is 0 Å². The Hall–Kier alpha value is -2.33. The molecule has 0 aromatic heterocycles. The van der Waals surface area contributed by atoms with Crippen LogP contribution in [-0.2, 0) is 9.59 Å². The molecule has 0 aliphatic heterocycles. The lowest BCUT2D eigenvalue weighted by molar-refractivity contribution is -0.118. The first kappa shape index (κ1) is 32.6. The molecule has 0 unspecified atom stereocenters. The Morgan fingerprint density at radius 3 is 2.14 bits per heavy atom. The van der Waals surface area contributed by atoms with Gasteiger partial charge in [0, 0.05) is 12.1 Å². The predicted octanol–water partition coefficient (Wildman–Crippen LogP) is 9.49. The van der Waals surface area contributed by atoms with Crippen molar-refractivity contribution in [1.82, 2.24) is 0 Å². The zero-order valence-electron chi connectivity index (χ0n) is 21.6. The smallest absolute Gasteiger partial charge is 0.257 e. The van der Waals surface area contributed by atoms with Crippen LogP contribution < -0.4 is 16.0 Å². The first-order valence-corrected chi connectivity index (χ1v) is 14.6. The van der Waals surface area contributed by atoms with Gasteiger partial charge < -0.3 is 16.0 Å². The molecule has 6 nitrogen and oxygen atoms in total. The third-order valence-corrected chi connectivity index (χ3v) is 8.32. The van der Waals surface area contributed by atoms with Crippen molar-refractivity contribution in [3.8, 4) is 0 Å². The molecule has 3 aromatic carbocycles. The maximum absolute atomic E-state index is 15.1. The molecule has 1 fully saturated rings. The summed E-state index contributed by atoms with van der Waals surface area (Å²) in [5.41, 5.74) is -0.824. The largest absolute Gasteiger partial charge is 0.325 e. The van der Waals surface area contributed by atoms with E-state index >= 15 is 4.39 Å². The lowest BCUT2D eigenvalue weighted by Gasteiger charge is -2.26. The molecule has 1 aliphatic rings. The summed E-state index contributed by atoms with van der Waals surface area (Å²) in [6, 6.07) is 8.73. The number of alkyl halides is 2. The number of carbonyl (C=O) groups is 3. The second-order valence-corrected chi connectivity index (χ2v) is 13.2. The highest BCUT2D eigenvalue weighted by atomic mass is 35.5. The van der Waals surface area contributed by atoms with Crippen LogP contribution >= 0.6 is 69.6 Å². The summed E-state index contributed by atoms with van der Waals surface area (Å²) in [7, 11) is 0. The van der Waals surface area contributed by atoms with Crippen LogP contribution in [0.25, 0.3) is 0 Å². The summed E-state index contributed by atoms with van der Waals surface area (Å²) >= 11 is 37.2. The van der Waals surface area contributed by atoms with Gasteiger partial charge in [-0.1, -0.05) is 46.4 Å². The van der Waals surface area contributed by atoms with Crippen LogP contribution in [0.2, 0.25) is 20.1 Å². The molecular formula is C28H21Cl6F2N3O3. The lowest BCUT2D eigenvalue weighted by atomic mass is 9.94. The van der Waals surface area contributed by atoms with Gasteiger partial charge in [0.05, 0.1) is 37.3 Å². The Bertz CT molecular complexity index is 1550. The molecule has 0 bridgehead atoms. The van der Waals surface area contributed by atoms with E-state index in [1.54, 1.807) is 0 Å². The maximum atomic E-state index is 15.1. The van der Waals surface area contributed by atoms with Crippen LogP contribution in [-0.4, -0.2) is 22.1 Å². The van der Waals surface area contributed by atoms with Gasteiger partial charge in [-0.15, -0.1) is 23.2 Å². The van der Waals surface area contributed by atoms with Gasteiger partial charge in [0.2, 0.25) is 11.8 Å². The molecule has 42 heavy (non-hydrogen) atoms. The van der Waals surface area contributed by atoms with Crippen LogP contribution in [0.3, 0.4) is 0 Å². The molecule has 3 N–H and O–H groups in total. The Kier molecular flexibility index (Phi) is 10.2. The molecule has 1 atom stereocenters. The van der Waals surface area contributed by atoms with Crippen molar-refractivity contribution in [1.29, 1.82) is 0 Å². The van der Waals surface area contributed by atoms with E-state index in [9.17, 15) is 18.8 Å². The van der Waals surface area contributed by atoms with Gasteiger partial charge in [0.25, 0.3) is 5.91 Å². The molecule has 1 saturated carbocycles. The minimum atomic E-state index is -1.64. The van der Waals surface area contributed by atoms with E-state index in [1.165, 1.54) is 37.3 Å². The van der Waals surface area contributed by atoms with E-state index in [2.05, 4.69) is 16.0 Å². The normalized spacial score (nSPS) is 13.8. The average molecular weight is 698 g/mol. The first-order valence-electron chi connectivity index (χ1n) is 12.4. The summed E-state index contributed by atoms with van der Waals surface area (Å²) in [6.45, 7) is 1.40. The number of carbonyl (C=O) groups excluding carboxylic acids is 3. The lowest BCUT2D eigenvalue weighted by Crippen LogP contribution is -2.32. The van der Waals surface area contributed by atoms with Crippen molar-refractivity contribution in [3.05, 3.63) is 85.3 Å². The van der Waals surface area contributed by atoms with Crippen LogP contribution in [0.1, 0.15) is 48.0 Å². The molecular weight excluding hydrogens is 677 g/mol. The minimum absolute atomic E-state index is 0.0293. The highest BCUT2D eigenvalue weighted by Gasteiger charge is 2.38. The van der Waals surface area contributed by atoms with Crippen molar-refractivity contribution in [2.75, 3.05) is 16.0 Å². The van der Waals surface area contributed by atoms with Gasteiger partial charge in [-0.2, -0.15) is 0 Å². The van der Waals surface area contributed by atoms with Crippen LogP contribution in [0.15, 0.2) is 42.5 Å². The number of nitrogens with one attached hydrogen (secondary N) is 3.